The Kier molecular flexibility index (Phi) is 3.34. The van der Waals surface area contributed by atoms with E-state index in [1.807, 2.05) is 0 Å². The molecule has 0 saturated carbocycles. The number of benzene rings is 1. The zero-order chi connectivity index (χ0) is 13.4. The number of halogens is 2. The lowest BCUT2D eigenvalue weighted by Gasteiger charge is -2.14. The highest BCUT2D eigenvalue weighted by Crippen LogP contribution is 2.26. The summed E-state index contributed by atoms with van der Waals surface area (Å²) in [6, 6.07) is 2.06. The van der Waals surface area contributed by atoms with Gasteiger partial charge in [-0.2, -0.15) is 0 Å². The third kappa shape index (κ3) is 2.10. The predicted octanol–water partition coefficient (Wildman–Crippen LogP) is 1.84. The fourth-order valence-electron chi connectivity index (χ4n) is 2.00. The molecule has 2 rings (SSSR count). The minimum absolute atomic E-state index is 0.0189. The van der Waals surface area contributed by atoms with E-state index in [-0.39, 0.29) is 17.5 Å². The Hall–Kier alpha value is -1.50. The fourth-order valence-corrected chi connectivity index (χ4v) is 2.83. The lowest BCUT2D eigenvalue weighted by atomic mass is 10.2. The van der Waals surface area contributed by atoms with Crippen LogP contribution >= 0.6 is 0 Å². The largest absolute Gasteiger partial charge is 0.369 e. The zero-order valence-corrected chi connectivity index (χ0v) is 10.8. The summed E-state index contributed by atoms with van der Waals surface area (Å²) >= 11 is 0. The van der Waals surface area contributed by atoms with Crippen molar-refractivity contribution in [2.24, 2.45) is 0 Å². The molecule has 0 aliphatic carbocycles. The molecule has 18 heavy (non-hydrogen) atoms. The number of hydrogen-bond acceptors (Lipinski definition) is 3. The Bertz CT molecular complexity index is 626. The smallest absolute Gasteiger partial charge is 0.201 e. The Morgan fingerprint density at radius 2 is 2.17 bits per heavy atom. The summed E-state index contributed by atoms with van der Waals surface area (Å²) in [5, 5.41) is 0. The molecule has 98 valence electrons. The standard InChI is InChI=1S/C11H13F2N3OS/c1-6(5-18(2)17)16-10-8(15-11(16)14)4-3-7(12)9(10)13/h3-4,6H,5H2,1-2H3,(H2,14,15). The summed E-state index contributed by atoms with van der Waals surface area (Å²) in [5.41, 5.74) is 6.02. The van der Waals surface area contributed by atoms with Crippen molar-refractivity contribution in [1.29, 1.82) is 0 Å². The van der Waals surface area contributed by atoms with Gasteiger partial charge in [0.25, 0.3) is 0 Å². The van der Waals surface area contributed by atoms with Gasteiger partial charge in [-0.1, -0.05) is 0 Å². The van der Waals surface area contributed by atoms with Crippen molar-refractivity contribution in [3.05, 3.63) is 23.8 Å². The second-order valence-corrected chi connectivity index (χ2v) is 5.64. The van der Waals surface area contributed by atoms with E-state index in [2.05, 4.69) is 4.98 Å². The molecule has 2 aromatic rings. The van der Waals surface area contributed by atoms with E-state index in [9.17, 15) is 13.0 Å². The maximum atomic E-state index is 13.8. The van der Waals surface area contributed by atoms with Crippen LogP contribution in [0.5, 0.6) is 0 Å². The van der Waals surface area contributed by atoms with Gasteiger partial charge in [0.2, 0.25) is 5.95 Å². The molecular formula is C11H13F2N3OS. The van der Waals surface area contributed by atoms with Gasteiger partial charge in [-0.15, -0.1) is 0 Å². The van der Waals surface area contributed by atoms with Crippen molar-refractivity contribution >= 4 is 27.8 Å². The molecule has 4 nitrogen and oxygen atoms in total. The summed E-state index contributed by atoms with van der Waals surface area (Å²) in [6.45, 7) is 1.74. The molecule has 0 bridgehead atoms. The maximum Gasteiger partial charge on any atom is 0.201 e. The van der Waals surface area contributed by atoms with Crippen molar-refractivity contribution in [2.45, 2.75) is 13.0 Å². The lowest BCUT2D eigenvalue weighted by Crippen LogP contribution is -2.15. The SMILES string of the molecule is CC(CS(C)=O)n1c(N)nc2ccc(F)c(F)c21. The van der Waals surface area contributed by atoms with Crippen LogP contribution in [0.25, 0.3) is 11.0 Å². The van der Waals surface area contributed by atoms with Crippen LogP contribution in [0.1, 0.15) is 13.0 Å². The van der Waals surface area contributed by atoms with Gasteiger partial charge in [-0.3, -0.25) is 4.21 Å². The Morgan fingerprint density at radius 3 is 2.78 bits per heavy atom. The quantitative estimate of drug-likeness (QED) is 0.928. The van der Waals surface area contributed by atoms with E-state index in [1.165, 1.54) is 10.6 Å². The van der Waals surface area contributed by atoms with E-state index in [1.54, 1.807) is 13.2 Å². The van der Waals surface area contributed by atoms with Gasteiger partial charge in [0, 0.05) is 28.9 Å². The number of nitrogen functional groups attached to an aromatic ring is 1. The molecular weight excluding hydrogens is 260 g/mol. The number of rotatable bonds is 3. The second-order valence-electron chi connectivity index (χ2n) is 4.16. The normalized spacial score (nSPS) is 14.9. The molecule has 2 N–H and O–H groups in total. The summed E-state index contributed by atoms with van der Waals surface area (Å²) < 4.78 is 39.7. The number of anilines is 1. The Morgan fingerprint density at radius 1 is 1.50 bits per heavy atom. The fraction of sp³-hybridized carbons (Fsp3) is 0.364. The lowest BCUT2D eigenvalue weighted by molar-refractivity contribution is 0.507. The van der Waals surface area contributed by atoms with Crippen LogP contribution in [-0.2, 0) is 10.8 Å². The Balaban J connectivity index is 2.65. The second kappa shape index (κ2) is 4.64. The van der Waals surface area contributed by atoms with Gasteiger partial charge < -0.3 is 10.3 Å². The molecule has 1 heterocycles. The van der Waals surface area contributed by atoms with Crippen LogP contribution in [0.3, 0.4) is 0 Å². The third-order valence-corrected chi connectivity index (χ3v) is 3.64. The molecule has 0 spiro atoms. The number of aromatic nitrogens is 2. The van der Waals surface area contributed by atoms with Crippen molar-refractivity contribution < 1.29 is 13.0 Å². The first-order valence-corrected chi connectivity index (χ1v) is 7.06. The summed E-state index contributed by atoms with van der Waals surface area (Å²) in [5.74, 6) is -1.54. The molecule has 0 saturated heterocycles. The van der Waals surface area contributed by atoms with Gasteiger partial charge in [0.15, 0.2) is 11.6 Å². The van der Waals surface area contributed by atoms with E-state index in [4.69, 9.17) is 5.73 Å². The van der Waals surface area contributed by atoms with Gasteiger partial charge in [0.05, 0.1) is 5.52 Å². The number of nitrogens with zero attached hydrogens (tertiary/aromatic N) is 2. The summed E-state index contributed by atoms with van der Waals surface area (Å²) in [6.07, 6.45) is 1.54. The minimum atomic E-state index is -1.06. The van der Waals surface area contributed by atoms with E-state index in [0.717, 1.165) is 6.07 Å². The van der Waals surface area contributed by atoms with Crippen LogP contribution in [-0.4, -0.2) is 25.8 Å². The number of fused-ring (bicyclic) bond motifs is 1. The van der Waals surface area contributed by atoms with E-state index in [0.29, 0.717) is 11.3 Å². The highest BCUT2D eigenvalue weighted by atomic mass is 32.2. The maximum absolute atomic E-state index is 13.8. The molecule has 7 heteroatoms. The number of imidazole rings is 1. The minimum Gasteiger partial charge on any atom is -0.369 e. The molecule has 2 unspecified atom stereocenters. The zero-order valence-electron chi connectivity index (χ0n) is 9.98. The molecule has 0 aliphatic heterocycles. The monoisotopic (exact) mass is 273 g/mol. The average molecular weight is 273 g/mol. The van der Waals surface area contributed by atoms with E-state index >= 15 is 0 Å². The summed E-state index contributed by atoms with van der Waals surface area (Å²) in [4.78, 5) is 3.98. The highest BCUT2D eigenvalue weighted by Gasteiger charge is 2.20. The van der Waals surface area contributed by atoms with Crippen LogP contribution in [0, 0.1) is 11.6 Å². The van der Waals surface area contributed by atoms with Crippen molar-refractivity contribution in [2.75, 3.05) is 17.7 Å². The topological polar surface area (TPSA) is 60.9 Å². The molecule has 0 radical (unpaired) electrons. The van der Waals surface area contributed by atoms with Crippen LogP contribution in [0.4, 0.5) is 14.7 Å². The summed E-state index contributed by atoms with van der Waals surface area (Å²) in [7, 11) is -1.06. The van der Waals surface area contributed by atoms with Crippen molar-refractivity contribution in [3.63, 3.8) is 0 Å². The first-order valence-electron chi connectivity index (χ1n) is 5.33. The highest BCUT2D eigenvalue weighted by molar-refractivity contribution is 7.84. The molecule has 1 aromatic carbocycles. The van der Waals surface area contributed by atoms with Gasteiger partial charge in [-0.05, 0) is 19.1 Å². The number of nitrogens with two attached hydrogens (primary N) is 1. The van der Waals surface area contributed by atoms with Gasteiger partial charge in [0.1, 0.15) is 5.52 Å². The van der Waals surface area contributed by atoms with E-state index < -0.39 is 22.4 Å². The molecule has 0 amide bonds. The first kappa shape index (κ1) is 12.9. The van der Waals surface area contributed by atoms with Crippen LogP contribution in [0.2, 0.25) is 0 Å². The molecule has 2 atom stereocenters. The van der Waals surface area contributed by atoms with Crippen molar-refractivity contribution in [3.8, 4) is 0 Å². The molecule has 0 aliphatic rings. The first-order chi connectivity index (χ1) is 8.41. The van der Waals surface area contributed by atoms with Gasteiger partial charge in [-0.25, -0.2) is 13.8 Å². The molecule has 1 aromatic heterocycles. The van der Waals surface area contributed by atoms with Crippen LogP contribution in [0.15, 0.2) is 12.1 Å². The molecule has 0 fully saturated rings. The average Bonchev–Trinajstić information content (AvgIpc) is 2.60. The van der Waals surface area contributed by atoms with Gasteiger partial charge >= 0.3 is 0 Å². The number of hydrogen-bond donors (Lipinski definition) is 1. The Labute approximate surface area is 105 Å². The van der Waals surface area contributed by atoms with Crippen LogP contribution < -0.4 is 5.73 Å². The predicted molar refractivity (Wildman–Crippen MR) is 67.7 cm³/mol. The van der Waals surface area contributed by atoms with Crippen molar-refractivity contribution in [1.82, 2.24) is 9.55 Å². The third-order valence-electron chi connectivity index (χ3n) is 2.69.